The zero-order valence-corrected chi connectivity index (χ0v) is 17.0. The van der Waals surface area contributed by atoms with Crippen LogP contribution < -0.4 is 10.6 Å². The summed E-state index contributed by atoms with van der Waals surface area (Å²) in [4.78, 5) is 6.84. The summed E-state index contributed by atoms with van der Waals surface area (Å²) in [6.45, 7) is 7.80. The highest BCUT2D eigenvalue weighted by atomic mass is 127. The fraction of sp³-hybridized carbons (Fsp3) is 0.706. The SMILES string of the molecule is CCN1CCC(CCNC(=NC)NCc2ccn(C)c2)CC1.I. The molecule has 2 heterocycles. The Morgan fingerprint density at radius 1 is 1.30 bits per heavy atom. The molecule has 1 aromatic heterocycles. The summed E-state index contributed by atoms with van der Waals surface area (Å²) in [7, 11) is 3.88. The van der Waals surface area contributed by atoms with Gasteiger partial charge in [-0.25, -0.2) is 0 Å². The zero-order chi connectivity index (χ0) is 15.8. The van der Waals surface area contributed by atoms with Crippen molar-refractivity contribution in [1.82, 2.24) is 20.1 Å². The number of halogens is 1. The molecular weight excluding hydrogens is 401 g/mol. The maximum atomic E-state index is 4.30. The third kappa shape index (κ3) is 7.12. The first kappa shape index (κ1) is 20.3. The summed E-state index contributed by atoms with van der Waals surface area (Å²) in [6.07, 6.45) is 8.11. The zero-order valence-electron chi connectivity index (χ0n) is 14.7. The summed E-state index contributed by atoms with van der Waals surface area (Å²) >= 11 is 0. The van der Waals surface area contributed by atoms with Gasteiger partial charge in [0.25, 0.3) is 0 Å². The molecule has 6 heteroatoms. The highest BCUT2D eigenvalue weighted by molar-refractivity contribution is 14.0. The second-order valence-corrected chi connectivity index (χ2v) is 6.20. The van der Waals surface area contributed by atoms with Crippen LogP contribution in [0.4, 0.5) is 0 Å². The third-order valence-corrected chi connectivity index (χ3v) is 4.58. The van der Waals surface area contributed by atoms with E-state index in [4.69, 9.17) is 0 Å². The molecule has 2 N–H and O–H groups in total. The van der Waals surface area contributed by atoms with Crippen LogP contribution in [-0.2, 0) is 13.6 Å². The summed E-state index contributed by atoms with van der Waals surface area (Å²) in [5.41, 5.74) is 1.28. The number of likely N-dealkylation sites (tertiary alicyclic amines) is 1. The number of aliphatic imine (C=N–C) groups is 1. The molecule has 5 nitrogen and oxygen atoms in total. The van der Waals surface area contributed by atoms with Crippen molar-refractivity contribution in [2.75, 3.05) is 33.2 Å². The molecule has 0 unspecified atom stereocenters. The Kier molecular flexibility index (Phi) is 9.62. The van der Waals surface area contributed by atoms with E-state index in [0.29, 0.717) is 0 Å². The van der Waals surface area contributed by atoms with E-state index in [1.807, 2.05) is 14.1 Å². The highest BCUT2D eigenvalue weighted by Gasteiger charge is 2.17. The molecule has 0 amide bonds. The number of piperidine rings is 1. The molecule has 0 aliphatic carbocycles. The topological polar surface area (TPSA) is 44.6 Å². The van der Waals surface area contributed by atoms with Crippen molar-refractivity contribution >= 4 is 29.9 Å². The minimum absolute atomic E-state index is 0. The minimum atomic E-state index is 0. The summed E-state index contributed by atoms with van der Waals surface area (Å²) < 4.78 is 2.07. The number of aryl methyl sites for hydroxylation is 1. The third-order valence-electron chi connectivity index (χ3n) is 4.58. The molecule has 1 aliphatic heterocycles. The number of rotatable bonds is 6. The maximum absolute atomic E-state index is 4.30. The first-order chi connectivity index (χ1) is 10.7. The molecule has 0 bridgehead atoms. The second kappa shape index (κ2) is 10.9. The van der Waals surface area contributed by atoms with Crippen molar-refractivity contribution in [2.24, 2.45) is 18.0 Å². The number of nitrogens with zero attached hydrogens (tertiary/aromatic N) is 3. The lowest BCUT2D eigenvalue weighted by Crippen LogP contribution is -2.39. The van der Waals surface area contributed by atoms with Crippen LogP contribution in [0.25, 0.3) is 0 Å². The highest BCUT2D eigenvalue weighted by Crippen LogP contribution is 2.19. The summed E-state index contributed by atoms with van der Waals surface area (Å²) in [5, 5.41) is 6.81. The standard InChI is InChI=1S/C17H31N5.HI/c1-4-22-11-7-15(8-12-22)5-9-19-17(18-2)20-13-16-6-10-21(3)14-16;/h6,10,14-15H,4-5,7-9,11-13H2,1-3H3,(H2,18,19,20);1H. The molecule has 0 aromatic carbocycles. The first-order valence-electron chi connectivity index (χ1n) is 8.49. The van der Waals surface area contributed by atoms with Gasteiger partial charge in [-0.15, -0.1) is 24.0 Å². The van der Waals surface area contributed by atoms with Gasteiger partial charge in [0.1, 0.15) is 0 Å². The van der Waals surface area contributed by atoms with Gasteiger partial charge in [0.2, 0.25) is 0 Å². The molecule has 0 atom stereocenters. The molecule has 0 spiro atoms. The predicted octanol–water partition coefficient (Wildman–Crippen LogP) is 2.43. The Morgan fingerprint density at radius 3 is 2.61 bits per heavy atom. The van der Waals surface area contributed by atoms with E-state index in [9.17, 15) is 0 Å². The second-order valence-electron chi connectivity index (χ2n) is 6.20. The van der Waals surface area contributed by atoms with Crippen molar-refractivity contribution in [2.45, 2.75) is 32.7 Å². The van der Waals surface area contributed by atoms with E-state index >= 15 is 0 Å². The molecule has 0 radical (unpaired) electrons. The van der Waals surface area contributed by atoms with Crippen molar-refractivity contribution in [3.63, 3.8) is 0 Å². The minimum Gasteiger partial charge on any atom is -0.357 e. The van der Waals surface area contributed by atoms with Crippen molar-refractivity contribution in [3.05, 3.63) is 24.0 Å². The Hall–Kier alpha value is -0.760. The number of hydrogen-bond donors (Lipinski definition) is 2. The summed E-state index contributed by atoms with van der Waals surface area (Å²) in [6, 6.07) is 2.13. The van der Waals surface area contributed by atoms with Crippen molar-refractivity contribution < 1.29 is 0 Å². The van der Waals surface area contributed by atoms with E-state index in [-0.39, 0.29) is 24.0 Å². The van der Waals surface area contributed by atoms with Crippen LogP contribution in [0.15, 0.2) is 23.5 Å². The summed E-state index contributed by atoms with van der Waals surface area (Å²) in [5.74, 6) is 1.76. The number of hydrogen-bond acceptors (Lipinski definition) is 2. The number of guanidine groups is 1. The van der Waals surface area contributed by atoms with Gasteiger partial charge in [-0.2, -0.15) is 0 Å². The van der Waals surface area contributed by atoms with Gasteiger partial charge in [-0.05, 0) is 56.4 Å². The Morgan fingerprint density at radius 2 is 2.04 bits per heavy atom. The lowest BCUT2D eigenvalue weighted by atomic mass is 9.93. The van der Waals surface area contributed by atoms with Crippen LogP contribution in [0.1, 0.15) is 31.7 Å². The maximum Gasteiger partial charge on any atom is 0.191 e. The fourth-order valence-electron chi connectivity index (χ4n) is 3.06. The van der Waals surface area contributed by atoms with Gasteiger partial charge >= 0.3 is 0 Å². The van der Waals surface area contributed by atoms with E-state index in [2.05, 4.69) is 50.5 Å². The van der Waals surface area contributed by atoms with Gasteiger partial charge in [0, 0.05) is 39.6 Å². The number of nitrogens with one attached hydrogen (secondary N) is 2. The Bertz CT molecular complexity index is 463. The van der Waals surface area contributed by atoms with Gasteiger partial charge in [0.15, 0.2) is 5.96 Å². The van der Waals surface area contributed by atoms with Crippen LogP contribution in [0.5, 0.6) is 0 Å². The normalized spacial score (nSPS) is 16.9. The number of aromatic nitrogens is 1. The molecule has 1 aliphatic rings. The largest absolute Gasteiger partial charge is 0.357 e. The molecule has 23 heavy (non-hydrogen) atoms. The quantitative estimate of drug-likeness (QED) is 0.412. The first-order valence-corrected chi connectivity index (χ1v) is 8.49. The lowest BCUT2D eigenvalue weighted by Gasteiger charge is -2.31. The molecule has 0 saturated carbocycles. The molecule has 1 saturated heterocycles. The predicted molar refractivity (Wildman–Crippen MR) is 108 cm³/mol. The Balaban J connectivity index is 0.00000264. The van der Waals surface area contributed by atoms with Crippen molar-refractivity contribution in [3.8, 4) is 0 Å². The molecule has 1 aromatic rings. The van der Waals surface area contributed by atoms with E-state index in [1.165, 1.54) is 44.5 Å². The molecule has 2 rings (SSSR count). The van der Waals surface area contributed by atoms with Gasteiger partial charge in [-0.3, -0.25) is 4.99 Å². The van der Waals surface area contributed by atoms with Crippen LogP contribution in [0.3, 0.4) is 0 Å². The smallest absolute Gasteiger partial charge is 0.191 e. The fourth-order valence-corrected chi connectivity index (χ4v) is 3.06. The van der Waals surface area contributed by atoms with Gasteiger partial charge < -0.3 is 20.1 Å². The van der Waals surface area contributed by atoms with E-state index < -0.39 is 0 Å². The average molecular weight is 433 g/mol. The average Bonchev–Trinajstić information content (AvgIpc) is 2.96. The van der Waals surface area contributed by atoms with Gasteiger partial charge in [0.05, 0.1) is 0 Å². The molecular formula is C17H32IN5. The molecule has 132 valence electrons. The van der Waals surface area contributed by atoms with Crippen molar-refractivity contribution in [1.29, 1.82) is 0 Å². The van der Waals surface area contributed by atoms with Crippen LogP contribution in [0.2, 0.25) is 0 Å². The van der Waals surface area contributed by atoms with E-state index in [1.54, 1.807) is 0 Å². The van der Waals surface area contributed by atoms with Gasteiger partial charge in [-0.1, -0.05) is 6.92 Å². The van der Waals surface area contributed by atoms with Crippen LogP contribution in [-0.4, -0.2) is 48.7 Å². The lowest BCUT2D eigenvalue weighted by molar-refractivity contribution is 0.187. The van der Waals surface area contributed by atoms with Crippen LogP contribution >= 0.6 is 24.0 Å². The van der Waals surface area contributed by atoms with Crippen LogP contribution in [0, 0.1) is 5.92 Å². The van der Waals surface area contributed by atoms with E-state index in [0.717, 1.165) is 25.0 Å². The Labute approximate surface area is 157 Å². The monoisotopic (exact) mass is 433 g/mol. The molecule has 1 fully saturated rings.